The highest BCUT2D eigenvalue weighted by Gasteiger charge is 2.14. The van der Waals surface area contributed by atoms with Crippen LogP contribution in [0.2, 0.25) is 0 Å². The molecule has 0 spiro atoms. The van der Waals surface area contributed by atoms with Gasteiger partial charge in [-0.25, -0.2) is 5.48 Å². The largest absolute Gasteiger partial charge is 0.382 e. The van der Waals surface area contributed by atoms with Gasteiger partial charge in [-0.15, -0.1) is 0 Å². The number of hydrogen-bond donors (Lipinski definition) is 1. The van der Waals surface area contributed by atoms with Gasteiger partial charge in [0.05, 0.1) is 24.8 Å². The lowest BCUT2D eigenvalue weighted by molar-refractivity contribution is 0.00893. The van der Waals surface area contributed by atoms with E-state index in [1.807, 2.05) is 18.2 Å². The molecule has 0 bridgehead atoms. The first-order valence-electron chi connectivity index (χ1n) is 6.77. The number of hydrogen-bond acceptors (Lipinski definition) is 4. The molecule has 0 heterocycles. The number of carbonyl (C=O) groups is 1. The molecule has 1 N–H and O–H groups in total. The van der Waals surface area contributed by atoms with Gasteiger partial charge >= 0.3 is 0 Å². The number of ether oxygens (including phenoxy) is 1. The van der Waals surface area contributed by atoms with Gasteiger partial charge in [-0.1, -0.05) is 36.4 Å². The minimum Gasteiger partial charge on any atom is -0.382 e. The predicted molar refractivity (Wildman–Crippen MR) is 81.9 cm³/mol. The summed E-state index contributed by atoms with van der Waals surface area (Å²) in [4.78, 5) is 17.3. The minimum absolute atomic E-state index is 0.263. The number of rotatable bonds is 6. The van der Waals surface area contributed by atoms with Crippen LogP contribution in [0.1, 0.15) is 15.9 Å². The quantitative estimate of drug-likeness (QED) is 0.657. The molecule has 22 heavy (non-hydrogen) atoms. The van der Waals surface area contributed by atoms with Crippen molar-refractivity contribution in [1.82, 2.24) is 5.48 Å². The van der Waals surface area contributed by atoms with Crippen molar-refractivity contribution in [1.29, 1.82) is 5.26 Å². The van der Waals surface area contributed by atoms with Crippen LogP contribution >= 0.6 is 0 Å². The van der Waals surface area contributed by atoms with Crippen LogP contribution in [0.25, 0.3) is 11.1 Å². The second-order valence-corrected chi connectivity index (χ2v) is 4.48. The van der Waals surface area contributed by atoms with Crippen LogP contribution in [-0.4, -0.2) is 26.2 Å². The summed E-state index contributed by atoms with van der Waals surface area (Å²) in [5.41, 5.74) is 4.75. The van der Waals surface area contributed by atoms with Gasteiger partial charge in [-0.2, -0.15) is 5.26 Å². The molecule has 0 radical (unpaired) electrons. The Kier molecular flexibility index (Phi) is 5.66. The summed E-state index contributed by atoms with van der Waals surface area (Å²) in [5.74, 6) is -0.362. The Morgan fingerprint density at radius 3 is 2.50 bits per heavy atom. The van der Waals surface area contributed by atoms with Crippen molar-refractivity contribution >= 4 is 5.91 Å². The van der Waals surface area contributed by atoms with Crippen LogP contribution in [0.4, 0.5) is 0 Å². The Labute approximate surface area is 129 Å². The zero-order chi connectivity index (χ0) is 15.8. The molecule has 2 aromatic carbocycles. The molecule has 2 aromatic rings. The first kappa shape index (κ1) is 15.7. The zero-order valence-electron chi connectivity index (χ0n) is 12.2. The van der Waals surface area contributed by atoms with E-state index < -0.39 is 0 Å². The van der Waals surface area contributed by atoms with Gasteiger partial charge in [-0.05, 0) is 17.7 Å². The third kappa shape index (κ3) is 3.70. The Hall–Kier alpha value is -2.68. The fourth-order valence-corrected chi connectivity index (χ4v) is 2.03. The predicted octanol–water partition coefficient (Wildman–Crippen LogP) is 2.53. The maximum absolute atomic E-state index is 12.2. The third-order valence-electron chi connectivity index (χ3n) is 3.06. The highest BCUT2D eigenvalue weighted by molar-refractivity contribution is 6.00. The molecule has 0 aliphatic rings. The SMILES string of the molecule is COCCONC(=O)c1ccccc1-c1ccccc1C#N. The van der Waals surface area contributed by atoms with Gasteiger partial charge in [0.2, 0.25) is 0 Å². The fourth-order valence-electron chi connectivity index (χ4n) is 2.03. The molecule has 1 amide bonds. The fraction of sp³-hybridized carbons (Fsp3) is 0.176. The van der Waals surface area contributed by atoms with E-state index in [1.165, 1.54) is 0 Å². The van der Waals surface area contributed by atoms with E-state index in [4.69, 9.17) is 9.57 Å². The van der Waals surface area contributed by atoms with Crippen LogP contribution in [0, 0.1) is 11.3 Å². The van der Waals surface area contributed by atoms with E-state index in [9.17, 15) is 10.1 Å². The lowest BCUT2D eigenvalue weighted by Gasteiger charge is -2.11. The van der Waals surface area contributed by atoms with Crippen LogP contribution < -0.4 is 5.48 Å². The maximum Gasteiger partial charge on any atom is 0.275 e. The monoisotopic (exact) mass is 296 g/mol. The molecule has 2 rings (SSSR count). The summed E-state index contributed by atoms with van der Waals surface area (Å²) in [6.07, 6.45) is 0. The number of nitrogens with one attached hydrogen (secondary N) is 1. The molecular formula is C17H16N2O3. The van der Waals surface area contributed by atoms with E-state index in [0.717, 1.165) is 0 Å². The van der Waals surface area contributed by atoms with Crippen molar-refractivity contribution in [2.45, 2.75) is 0 Å². The van der Waals surface area contributed by atoms with Crippen LogP contribution in [0.5, 0.6) is 0 Å². The first-order valence-corrected chi connectivity index (χ1v) is 6.77. The van der Waals surface area contributed by atoms with Crippen molar-refractivity contribution in [2.24, 2.45) is 0 Å². The highest BCUT2D eigenvalue weighted by Crippen LogP contribution is 2.26. The Morgan fingerprint density at radius 1 is 1.09 bits per heavy atom. The van der Waals surface area contributed by atoms with E-state index in [-0.39, 0.29) is 12.5 Å². The van der Waals surface area contributed by atoms with Crippen LogP contribution in [0.3, 0.4) is 0 Å². The molecule has 0 aliphatic heterocycles. The molecule has 0 fully saturated rings. The molecule has 5 nitrogen and oxygen atoms in total. The van der Waals surface area contributed by atoms with E-state index in [0.29, 0.717) is 28.9 Å². The topological polar surface area (TPSA) is 71.3 Å². The maximum atomic E-state index is 12.2. The number of carbonyl (C=O) groups excluding carboxylic acids is 1. The van der Waals surface area contributed by atoms with Gasteiger partial charge in [0.1, 0.15) is 0 Å². The third-order valence-corrected chi connectivity index (χ3v) is 3.06. The number of benzene rings is 2. The molecule has 0 unspecified atom stereocenters. The van der Waals surface area contributed by atoms with Crippen molar-refractivity contribution in [3.8, 4) is 17.2 Å². The Bertz CT molecular complexity index is 692. The van der Waals surface area contributed by atoms with Gasteiger partial charge < -0.3 is 4.74 Å². The van der Waals surface area contributed by atoms with Gasteiger partial charge in [0.15, 0.2) is 0 Å². The molecule has 0 saturated heterocycles. The second-order valence-electron chi connectivity index (χ2n) is 4.48. The van der Waals surface area contributed by atoms with Gasteiger partial charge in [0.25, 0.3) is 5.91 Å². The summed E-state index contributed by atoms with van der Waals surface area (Å²) < 4.78 is 4.84. The molecular weight excluding hydrogens is 280 g/mol. The van der Waals surface area contributed by atoms with Gasteiger partial charge in [-0.3, -0.25) is 9.63 Å². The van der Waals surface area contributed by atoms with Crippen molar-refractivity contribution < 1.29 is 14.4 Å². The van der Waals surface area contributed by atoms with Crippen molar-refractivity contribution in [3.05, 3.63) is 59.7 Å². The van der Waals surface area contributed by atoms with E-state index in [1.54, 1.807) is 37.4 Å². The number of nitriles is 1. The molecule has 112 valence electrons. The molecule has 0 aliphatic carbocycles. The number of methoxy groups -OCH3 is 1. The van der Waals surface area contributed by atoms with Crippen LogP contribution in [-0.2, 0) is 9.57 Å². The Morgan fingerprint density at radius 2 is 1.77 bits per heavy atom. The smallest absolute Gasteiger partial charge is 0.275 e. The number of nitrogens with zero attached hydrogens (tertiary/aromatic N) is 1. The van der Waals surface area contributed by atoms with Crippen molar-refractivity contribution in [2.75, 3.05) is 20.3 Å². The lowest BCUT2D eigenvalue weighted by Crippen LogP contribution is -2.26. The average Bonchev–Trinajstić information content (AvgIpc) is 2.58. The van der Waals surface area contributed by atoms with E-state index in [2.05, 4.69) is 11.5 Å². The van der Waals surface area contributed by atoms with Crippen LogP contribution in [0.15, 0.2) is 48.5 Å². The average molecular weight is 296 g/mol. The molecule has 5 heteroatoms. The zero-order valence-corrected chi connectivity index (χ0v) is 12.2. The molecule has 0 saturated carbocycles. The summed E-state index contributed by atoms with van der Waals surface area (Å²) in [6, 6.07) is 16.4. The van der Waals surface area contributed by atoms with Crippen molar-refractivity contribution in [3.63, 3.8) is 0 Å². The number of hydroxylamine groups is 1. The highest BCUT2D eigenvalue weighted by atomic mass is 16.7. The summed E-state index contributed by atoms with van der Waals surface area (Å²) in [7, 11) is 1.55. The summed E-state index contributed by atoms with van der Waals surface area (Å²) in [5, 5.41) is 9.22. The summed E-state index contributed by atoms with van der Waals surface area (Å²) >= 11 is 0. The number of amides is 1. The lowest BCUT2D eigenvalue weighted by atomic mass is 9.95. The van der Waals surface area contributed by atoms with Gasteiger partial charge in [0, 0.05) is 18.2 Å². The standard InChI is InChI=1S/C17H16N2O3/c1-21-10-11-22-19-17(20)16-9-5-4-8-15(16)14-7-3-2-6-13(14)12-18/h2-9H,10-11H2,1H3,(H,19,20). The normalized spacial score (nSPS) is 10.0. The second kappa shape index (κ2) is 7.93. The minimum atomic E-state index is -0.362. The molecule has 0 aromatic heterocycles. The van der Waals surface area contributed by atoms with E-state index >= 15 is 0 Å². The molecule has 0 atom stereocenters. The first-order chi connectivity index (χ1) is 10.8. The summed E-state index contributed by atoms with van der Waals surface area (Å²) in [6.45, 7) is 0.651. The Balaban J connectivity index is 2.27.